The number of hydrogen-bond acceptors (Lipinski definition) is 22. The molecule has 0 aliphatic carbocycles. The Morgan fingerprint density at radius 2 is 0.680 bits per heavy atom. The zero-order valence-electron chi connectivity index (χ0n) is 53.7. The number of aliphatic hydroxyl groups excluding tert-OH is 2. The van der Waals surface area contributed by atoms with Crippen LogP contribution >= 0.6 is 24.0 Å². The summed E-state index contributed by atoms with van der Waals surface area (Å²) in [5.74, 6) is 5.99. The summed E-state index contributed by atoms with van der Waals surface area (Å²) in [7, 11) is 4.86. The van der Waals surface area contributed by atoms with E-state index in [0.29, 0.717) is 104 Å². The van der Waals surface area contributed by atoms with Crippen LogP contribution in [0.3, 0.4) is 0 Å². The van der Waals surface area contributed by atoms with Gasteiger partial charge in [0.1, 0.15) is 136 Å². The number of hydrogen-bond donors (Lipinski definition) is 5. The van der Waals surface area contributed by atoms with Crippen molar-refractivity contribution in [1.82, 2.24) is 0 Å². The highest BCUT2D eigenvalue weighted by Gasteiger charge is 2.12. The molecule has 514 valence electrons. The third-order valence-electron chi connectivity index (χ3n) is 14.4. The van der Waals surface area contributed by atoms with E-state index < -0.39 is 0 Å². The molecule has 0 radical (unpaired) electrons. The summed E-state index contributed by atoms with van der Waals surface area (Å²) in [5, 5.41) is 41.9. The van der Waals surface area contributed by atoms with Crippen molar-refractivity contribution >= 4 is 78.9 Å². The molecule has 26 heteroatoms. The number of phenolic OH excluding ortho intramolecular Hbond substituents is 2. The largest absolute Gasteiger partial charge is 0.508 e. The summed E-state index contributed by atoms with van der Waals surface area (Å²) < 4.78 is 59.7. The van der Waals surface area contributed by atoms with E-state index in [9.17, 15) is 29.1 Å². The van der Waals surface area contributed by atoms with Gasteiger partial charge in [0.25, 0.3) is 0 Å². The molecule has 0 saturated carbocycles. The van der Waals surface area contributed by atoms with Crippen LogP contribution in [-0.2, 0) is 52.0 Å². The zero-order valence-corrected chi connectivity index (χ0v) is 55.2. The minimum absolute atomic E-state index is 0. The van der Waals surface area contributed by atoms with E-state index in [1.54, 1.807) is 75.9 Å². The number of aliphatic hydroxyl groups is 2. The lowest BCUT2D eigenvalue weighted by atomic mass is 10.2. The first-order valence-electron chi connectivity index (χ1n) is 30.0. The van der Waals surface area contributed by atoms with E-state index in [-0.39, 0.29) is 100 Å². The number of azide groups is 1. The predicted molar refractivity (Wildman–Crippen MR) is 377 cm³/mol. The maximum Gasteiger partial charge on any atom is 0.193 e. The van der Waals surface area contributed by atoms with Crippen molar-refractivity contribution in [3.63, 3.8) is 0 Å². The summed E-state index contributed by atoms with van der Waals surface area (Å²) in [6.45, 7) is 0.675. The summed E-state index contributed by atoms with van der Waals surface area (Å²) in [4.78, 5) is 61.4. The van der Waals surface area contributed by atoms with Crippen LogP contribution in [0.5, 0.6) is 46.0 Å². The monoisotopic (exact) mass is 1400 g/mol. The van der Waals surface area contributed by atoms with E-state index in [0.717, 1.165) is 33.9 Å². The molecule has 8 aromatic carbocycles. The van der Waals surface area contributed by atoms with Crippen LogP contribution in [0.15, 0.2) is 245 Å². The fraction of sp³-hybridized carbons (Fsp3) is 0.149. The van der Waals surface area contributed by atoms with E-state index in [4.69, 9.17) is 88.7 Å². The molecule has 13 rings (SSSR count). The Morgan fingerprint density at radius 3 is 1.00 bits per heavy atom. The van der Waals surface area contributed by atoms with Gasteiger partial charge in [-0.05, 0) is 119 Å². The Labute approximate surface area is 578 Å². The van der Waals surface area contributed by atoms with Gasteiger partial charge in [-0.15, -0.1) is 24.0 Å². The molecule has 100 heavy (non-hydrogen) atoms. The maximum atomic E-state index is 12.1. The Balaban J connectivity index is 0.000000161. The molecular formula is C74H64Cl2N4O20. The van der Waals surface area contributed by atoms with E-state index in [1.165, 1.54) is 66.7 Å². The number of halogens is 2. The van der Waals surface area contributed by atoms with Crippen LogP contribution in [0.4, 0.5) is 0 Å². The first-order chi connectivity index (χ1) is 48.0. The smallest absolute Gasteiger partial charge is 0.193 e. The molecule has 0 aliphatic heterocycles. The lowest BCUT2D eigenvalue weighted by Gasteiger charge is -2.08. The number of methoxy groups -OCH3 is 3. The average Bonchev–Trinajstić information content (AvgIpc) is 0.905. The number of nitrogens with two attached hydrogens (primary N) is 1. The average molecular weight is 1400 g/mol. The lowest BCUT2D eigenvalue weighted by molar-refractivity contribution is 0.248. The number of phenols is 2. The molecule has 0 amide bonds. The Morgan fingerprint density at radius 1 is 0.400 bits per heavy atom. The molecule has 0 spiro atoms. The van der Waals surface area contributed by atoms with Crippen LogP contribution in [0.1, 0.15) is 45.5 Å². The van der Waals surface area contributed by atoms with Gasteiger partial charge in [-0.25, -0.2) is 0 Å². The zero-order chi connectivity index (χ0) is 70.4. The topological polar surface area (TPSA) is 362 Å². The van der Waals surface area contributed by atoms with E-state index in [1.807, 2.05) is 72.8 Å². The van der Waals surface area contributed by atoms with Gasteiger partial charge in [0.05, 0.1) is 67.2 Å². The summed E-state index contributed by atoms with van der Waals surface area (Å²) in [5.41, 5.74) is 17.8. The molecule has 0 unspecified atom stereocenters. The van der Waals surface area contributed by atoms with Crippen molar-refractivity contribution in [2.24, 2.45) is 10.8 Å². The second kappa shape index (κ2) is 35.8. The quantitative estimate of drug-likeness (QED) is 0.0230. The molecule has 0 fully saturated rings. The van der Waals surface area contributed by atoms with Crippen LogP contribution in [0, 0.1) is 0 Å². The van der Waals surface area contributed by atoms with Gasteiger partial charge in [-0.1, -0.05) is 41.5 Å². The van der Waals surface area contributed by atoms with Gasteiger partial charge in [0.15, 0.2) is 27.1 Å². The molecule has 13 aromatic rings. The minimum atomic E-state index is -0.333. The standard InChI is InChI=1S/C18H15ClO4.C18H15N3O4.C18H16O5.C10H9NO3.C10H8O4.ClH/c1-21-13-4-2-12(3-5-13)11-22-14-6-7-16-17(20)8-15(10-19)23-18(16)9-14;1-23-13-4-2-12(3-5-13)11-24-14-6-7-16-17(22)8-15(10-20-21-19)25-18(16)9-14;1-21-13-4-2-12(3-5-13)11-22-14-6-7-16-17(20)8-15(10-19)23-18(16)9-14;2*11-5-7-4-9(13)8-2-1-6(12)3-10(8)14-7;/h2-9H,10-11H2,1H3;2-9H,10-11H2,1H3;2-9,19H,10-11H2,1H3;1-4,12H,5,11H2;1-4,11-12H,5H2;1H. The van der Waals surface area contributed by atoms with Crippen molar-refractivity contribution in [2.75, 3.05) is 21.3 Å². The van der Waals surface area contributed by atoms with Crippen molar-refractivity contribution in [3.05, 3.63) is 301 Å². The highest BCUT2D eigenvalue weighted by molar-refractivity contribution is 6.16. The number of benzene rings is 8. The molecule has 0 aliphatic rings. The molecule has 6 N–H and O–H groups in total. The molecule has 0 bridgehead atoms. The summed E-state index contributed by atoms with van der Waals surface area (Å²) in [6, 6.07) is 53.2. The molecule has 0 saturated heterocycles. The Bertz CT molecular complexity index is 5060. The van der Waals surface area contributed by atoms with Crippen LogP contribution in [0.2, 0.25) is 0 Å². The van der Waals surface area contributed by atoms with Crippen molar-refractivity contribution in [1.29, 1.82) is 0 Å². The number of ether oxygens (including phenoxy) is 6. The summed E-state index contributed by atoms with van der Waals surface area (Å²) >= 11 is 5.73. The van der Waals surface area contributed by atoms with E-state index in [2.05, 4.69) is 10.0 Å². The molecule has 5 aromatic heterocycles. The SMILES string of the molecule is COc1ccc(COc2ccc3c(=O)cc(CCl)oc3c2)cc1.COc1ccc(COc2ccc3c(=O)cc(CN=[N+]=[N-])oc3c2)cc1.COc1ccc(COc2ccc3c(=O)cc(CO)oc3c2)cc1.Cl.NCc1cc(=O)c2ccc(O)cc2o1.O=c1cc(CO)oc2cc(O)ccc12. The Hall–Kier alpha value is -12.0. The Kier molecular flexibility index (Phi) is 26.4. The second-order valence-electron chi connectivity index (χ2n) is 21.2. The fourth-order valence-electron chi connectivity index (χ4n) is 9.38. The number of alkyl halides is 1. The van der Waals surface area contributed by atoms with Gasteiger partial charge in [0.2, 0.25) is 0 Å². The number of nitrogens with zero attached hydrogens (tertiary/aromatic N) is 3. The van der Waals surface area contributed by atoms with Gasteiger partial charge in [-0.2, -0.15) is 0 Å². The number of aromatic hydroxyl groups is 2. The number of rotatable bonds is 18. The van der Waals surface area contributed by atoms with Crippen molar-refractivity contribution in [2.45, 2.75) is 52.0 Å². The maximum absolute atomic E-state index is 12.1. The summed E-state index contributed by atoms with van der Waals surface area (Å²) in [6.07, 6.45) is 0. The molecular weight excluding hydrogens is 1340 g/mol. The number of fused-ring (bicyclic) bond motifs is 5. The normalized spacial score (nSPS) is 10.5. The first-order valence-corrected chi connectivity index (χ1v) is 30.5. The van der Waals surface area contributed by atoms with Crippen molar-refractivity contribution in [3.8, 4) is 46.0 Å². The molecule has 5 heterocycles. The van der Waals surface area contributed by atoms with Gasteiger partial charge < -0.3 is 76.7 Å². The van der Waals surface area contributed by atoms with Gasteiger partial charge >= 0.3 is 0 Å². The predicted octanol–water partition coefficient (Wildman–Crippen LogP) is 13.6. The second-order valence-corrected chi connectivity index (χ2v) is 21.4. The van der Waals surface area contributed by atoms with Crippen LogP contribution in [0.25, 0.3) is 65.3 Å². The highest BCUT2D eigenvalue weighted by atomic mass is 35.5. The molecule has 24 nitrogen and oxygen atoms in total. The first kappa shape index (κ1) is 73.8. The van der Waals surface area contributed by atoms with Crippen LogP contribution < -0.4 is 61.3 Å². The van der Waals surface area contributed by atoms with Crippen molar-refractivity contribution < 1.29 is 70.9 Å². The highest BCUT2D eigenvalue weighted by Crippen LogP contribution is 2.27. The minimum Gasteiger partial charge on any atom is -0.508 e. The third-order valence-corrected chi connectivity index (χ3v) is 14.7. The lowest BCUT2D eigenvalue weighted by Crippen LogP contribution is -2.05. The molecule has 0 atom stereocenters. The van der Waals surface area contributed by atoms with E-state index >= 15 is 0 Å². The van der Waals surface area contributed by atoms with Crippen LogP contribution in [-0.4, -0.2) is 41.8 Å². The van der Waals surface area contributed by atoms with Gasteiger partial charge in [0, 0.05) is 65.6 Å². The van der Waals surface area contributed by atoms with Gasteiger partial charge in [-0.3, -0.25) is 24.0 Å². The fourth-order valence-corrected chi connectivity index (χ4v) is 9.51. The third kappa shape index (κ3) is 20.0.